The third-order valence-corrected chi connectivity index (χ3v) is 7.82. The van der Waals surface area contributed by atoms with Crippen molar-refractivity contribution in [1.29, 1.82) is 5.26 Å². The van der Waals surface area contributed by atoms with E-state index in [-0.39, 0.29) is 17.9 Å². The number of aromatic nitrogens is 3. The molecule has 7 heteroatoms. The van der Waals surface area contributed by atoms with Crippen molar-refractivity contribution in [2.75, 3.05) is 18.4 Å². The Bertz CT molecular complexity index is 1610. The summed E-state index contributed by atoms with van der Waals surface area (Å²) in [7, 11) is 0. The Hall–Kier alpha value is -5.22. The summed E-state index contributed by atoms with van der Waals surface area (Å²) >= 11 is 0. The standard InChI is InChI=1S/C34H30N6O/c1-2-31(41)39-23-25(21-35)20-30(24-39)37-33-36-22-26-18-19-40(32(26)38-33)34(27-12-6-3-7-13-27,28-14-8-4-9-15-28)29-16-10-5-11-17-29/h2-19,22,25,30H,1,20,23-24H2,(H,36,37,38)/t25?,30-/m1/s1. The Morgan fingerprint density at radius 1 is 0.927 bits per heavy atom. The van der Waals surface area contributed by atoms with E-state index in [4.69, 9.17) is 4.98 Å². The Morgan fingerprint density at radius 2 is 1.51 bits per heavy atom. The molecule has 1 aliphatic rings. The van der Waals surface area contributed by atoms with Gasteiger partial charge in [-0.15, -0.1) is 0 Å². The second-order valence-corrected chi connectivity index (χ2v) is 10.3. The normalized spacial score (nSPS) is 17.1. The smallest absolute Gasteiger partial charge is 0.246 e. The average Bonchev–Trinajstić information content (AvgIpc) is 3.46. The van der Waals surface area contributed by atoms with Crippen LogP contribution < -0.4 is 5.32 Å². The van der Waals surface area contributed by atoms with Crippen molar-refractivity contribution in [3.8, 4) is 6.07 Å². The molecule has 2 aromatic heterocycles. The van der Waals surface area contributed by atoms with Crippen LogP contribution in [0, 0.1) is 17.2 Å². The maximum atomic E-state index is 12.4. The fourth-order valence-electron chi connectivity index (χ4n) is 6.00. The van der Waals surface area contributed by atoms with Gasteiger partial charge in [-0.1, -0.05) is 97.6 Å². The second-order valence-electron chi connectivity index (χ2n) is 10.3. The van der Waals surface area contributed by atoms with Crippen molar-refractivity contribution in [3.05, 3.63) is 139 Å². The summed E-state index contributed by atoms with van der Waals surface area (Å²) in [6.07, 6.45) is 5.79. The molecule has 0 spiro atoms. The molecule has 5 aromatic rings. The lowest BCUT2D eigenvalue weighted by molar-refractivity contribution is -0.127. The van der Waals surface area contributed by atoms with Gasteiger partial charge in [-0.3, -0.25) is 4.79 Å². The molecule has 1 unspecified atom stereocenters. The van der Waals surface area contributed by atoms with Gasteiger partial charge in [-0.2, -0.15) is 10.2 Å². The summed E-state index contributed by atoms with van der Waals surface area (Å²) in [6.45, 7) is 4.46. The second kappa shape index (κ2) is 11.1. The summed E-state index contributed by atoms with van der Waals surface area (Å²) in [5, 5.41) is 14.0. The van der Waals surface area contributed by atoms with Gasteiger partial charge in [-0.05, 0) is 35.3 Å². The lowest BCUT2D eigenvalue weighted by atomic mass is 9.76. The molecule has 1 fully saturated rings. The number of fused-ring (bicyclic) bond motifs is 1. The minimum absolute atomic E-state index is 0.166. The first-order valence-corrected chi connectivity index (χ1v) is 13.7. The Morgan fingerprint density at radius 3 is 2.05 bits per heavy atom. The number of anilines is 1. The monoisotopic (exact) mass is 538 g/mol. The SMILES string of the molecule is C=CC(=O)N1CC(C#N)C[C@@H](Nc2ncc3ccn(C(c4ccccc4)(c4ccccc4)c4ccccc4)c3n2)C1. The maximum absolute atomic E-state index is 12.4. The molecule has 1 saturated heterocycles. The molecule has 0 bridgehead atoms. The molecule has 0 radical (unpaired) electrons. The molecule has 1 N–H and O–H groups in total. The van der Waals surface area contributed by atoms with Gasteiger partial charge >= 0.3 is 0 Å². The van der Waals surface area contributed by atoms with Gasteiger partial charge in [0.15, 0.2) is 0 Å². The van der Waals surface area contributed by atoms with Gasteiger partial charge in [0.25, 0.3) is 0 Å². The van der Waals surface area contributed by atoms with Crippen LogP contribution in [0.2, 0.25) is 0 Å². The number of carbonyl (C=O) groups excluding carboxylic acids is 1. The molecule has 3 aromatic carbocycles. The Labute approximate surface area is 239 Å². The van der Waals surface area contributed by atoms with Crippen LogP contribution >= 0.6 is 0 Å². The highest BCUT2D eigenvalue weighted by atomic mass is 16.2. The first kappa shape index (κ1) is 26.0. The van der Waals surface area contributed by atoms with Crippen LogP contribution in [0.5, 0.6) is 0 Å². The third-order valence-electron chi connectivity index (χ3n) is 7.82. The minimum Gasteiger partial charge on any atom is -0.350 e. The van der Waals surface area contributed by atoms with Crippen LogP contribution in [-0.4, -0.2) is 44.5 Å². The molecule has 41 heavy (non-hydrogen) atoms. The predicted molar refractivity (Wildman–Crippen MR) is 160 cm³/mol. The van der Waals surface area contributed by atoms with Crippen molar-refractivity contribution >= 4 is 22.9 Å². The molecule has 1 aliphatic heterocycles. The Kier molecular flexibility index (Phi) is 7.05. The quantitative estimate of drug-likeness (QED) is 0.215. The predicted octanol–water partition coefficient (Wildman–Crippen LogP) is 5.61. The van der Waals surface area contributed by atoms with Crippen LogP contribution in [0.3, 0.4) is 0 Å². The summed E-state index contributed by atoms with van der Waals surface area (Å²) in [6, 6.07) is 35.6. The summed E-state index contributed by atoms with van der Waals surface area (Å²) in [5.74, 6) is -0.00451. The maximum Gasteiger partial charge on any atom is 0.246 e. The van der Waals surface area contributed by atoms with Gasteiger partial charge in [0.2, 0.25) is 11.9 Å². The number of hydrogen-bond donors (Lipinski definition) is 1. The molecule has 1 amide bonds. The topological polar surface area (TPSA) is 86.8 Å². The van der Waals surface area contributed by atoms with Crippen LogP contribution in [0.4, 0.5) is 5.95 Å². The number of carbonyl (C=O) groups is 1. The fourth-order valence-corrected chi connectivity index (χ4v) is 6.00. The summed E-state index contributed by atoms with van der Waals surface area (Å²) in [5.41, 5.74) is 3.37. The molecule has 2 atom stereocenters. The highest BCUT2D eigenvalue weighted by Gasteiger charge is 2.39. The molecule has 6 rings (SSSR count). The van der Waals surface area contributed by atoms with Crippen molar-refractivity contribution in [1.82, 2.24) is 19.4 Å². The minimum atomic E-state index is -0.707. The van der Waals surface area contributed by atoms with Crippen molar-refractivity contribution in [2.45, 2.75) is 18.0 Å². The van der Waals surface area contributed by atoms with Gasteiger partial charge in [0.05, 0.1) is 12.0 Å². The van der Waals surface area contributed by atoms with Crippen molar-refractivity contribution < 1.29 is 4.79 Å². The number of benzene rings is 3. The van der Waals surface area contributed by atoms with Crippen LogP contribution in [0.1, 0.15) is 23.1 Å². The number of nitriles is 1. The number of nitrogens with one attached hydrogen (secondary N) is 1. The molecule has 0 saturated carbocycles. The zero-order valence-electron chi connectivity index (χ0n) is 22.6. The molecular weight excluding hydrogens is 508 g/mol. The number of rotatable bonds is 7. The number of piperidine rings is 1. The van der Waals surface area contributed by atoms with Gasteiger partial charge in [0.1, 0.15) is 11.2 Å². The first-order valence-electron chi connectivity index (χ1n) is 13.7. The number of nitrogens with zero attached hydrogens (tertiary/aromatic N) is 5. The van der Waals surface area contributed by atoms with E-state index in [2.05, 4.69) is 107 Å². The summed E-state index contributed by atoms with van der Waals surface area (Å²) < 4.78 is 2.22. The summed E-state index contributed by atoms with van der Waals surface area (Å²) in [4.78, 5) is 23.7. The largest absolute Gasteiger partial charge is 0.350 e. The fraction of sp³-hybridized carbons (Fsp3) is 0.176. The lowest BCUT2D eigenvalue weighted by Crippen LogP contribution is -2.48. The highest BCUT2D eigenvalue weighted by Crippen LogP contribution is 2.42. The molecular formula is C34H30N6O. The molecule has 7 nitrogen and oxygen atoms in total. The van der Waals surface area contributed by atoms with E-state index in [0.717, 1.165) is 27.7 Å². The van der Waals surface area contributed by atoms with Crippen molar-refractivity contribution in [3.63, 3.8) is 0 Å². The van der Waals surface area contributed by atoms with E-state index >= 15 is 0 Å². The number of amides is 1. The highest BCUT2D eigenvalue weighted by molar-refractivity contribution is 5.87. The van der Waals surface area contributed by atoms with Crippen LogP contribution in [0.25, 0.3) is 11.0 Å². The van der Waals surface area contributed by atoms with Gasteiger partial charge in [-0.25, -0.2) is 4.98 Å². The van der Waals surface area contributed by atoms with E-state index < -0.39 is 5.54 Å². The molecule has 202 valence electrons. The van der Waals surface area contributed by atoms with E-state index in [1.165, 1.54) is 6.08 Å². The van der Waals surface area contributed by atoms with E-state index in [1.54, 1.807) is 4.90 Å². The molecule has 0 aliphatic carbocycles. The van der Waals surface area contributed by atoms with Crippen LogP contribution in [0.15, 0.2) is 122 Å². The van der Waals surface area contributed by atoms with E-state index in [1.807, 2.05) is 30.5 Å². The zero-order valence-corrected chi connectivity index (χ0v) is 22.6. The average molecular weight is 539 g/mol. The van der Waals surface area contributed by atoms with Gasteiger partial charge in [0, 0.05) is 36.9 Å². The Balaban J connectivity index is 1.50. The third kappa shape index (κ3) is 4.74. The van der Waals surface area contributed by atoms with E-state index in [9.17, 15) is 10.1 Å². The molecule has 3 heterocycles. The van der Waals surface area contributed by atoms with E-state index in [0.29, 0.717) is 25.5 Å². The van der Waals surface area contributed by atoms with Crippen molar-refractivity contribution in [2.24, 2.45) is 5.92 Å². The zero-order chi connectivity index (χ0) is 28.2. The van der Waals surface area contributed by atoms with Crippen LogP contribution in [-0.2, 0) is 10.3 Å². The number of hydrogen-bond acceptors (Lipinski definition) is 5. The number of likely N-dealkylation sites (tertiary alicyclic amines) is 1. The lowest BCUT2D eigenvalue weighted by Gasteiger charge is -2.38. The first-order chi connectivity index (χ1) is 20.1. The van der Waals surface area contributed by atoms with Gasteiger partial charge < -0.3 is 14.8 Å².